The largest absolute Gasteiger partial charge is 0.463 e. The third-order valence-electron chi connectivity index (χ3n) is 5.81. The molecule has 3 heterocycles. The van der Waals surface area contributed by atoms with Crippen molar-refractivity contribution < 1.29 is 18.9 Å². The van der Waals surface area contributed by atoms with Gasteiger partial charge in [-0.2, -0.15) is 0 Å². The highest BCUT2D eigenvalue weighted by molar-refractivity contribution is 5.93. The Morgan fingerprint density at radius 3 is 1.41 bits per heavy atom. The lowest BCUT2D eigenvalue weighted by Gasteiger charge is -2.37. The van der Waals surface area contributed by atoms with Gasteiger partial charge in [-0.3, -0.25) is 4.79 Å². The van der Waals surface area contributed by atoms with Crippen molar-refractivity contribution in [2.45, 2.75) is 23.9 Å². The summed E-state index contributed by atoms with van der Waals surface area (Å²) in [6, 6.07) is 27.3. The van der Waals surface area contributed by atoms with Crippen molar-refractivity contribution in [1.29, 1.82) is 0 Å². The van der Waals surface area contributed by atoms with Gasteiger partial charge < -0.3 is 14.2 Å². The number of hydrogen-bond acceptors (Lipinski definition) is 3. The number of ketones is 1. The van der Waals surface area contributed by atoms with Gasteiger partial charge in [0.05, 0.1) is 12.5 Å². The summed E-state index contributed by atoms with van der Waals surface area (Å²) in [7, 11) is 0. The van der Waals surface area contributed by atoms with Crippen molar-refractivity contribution in [3.63, 3.8) is 0 Å². The number of nitrogens with two attached hydrogens (primary N) is 1. The lowest BCUT2D eigenvalue weighted by molar-refractivity contribution is -0.745. The molecule has 0 bridgehead atoms. The third kappa shape index (κ3) is 3.22. The van der Waals surface area contributed by atoms with Crippen molar-refractivity contribution >= 4 is 5.78 Å². The van der Waals surface area contributed by atoms with Crippen LogP contribution >= 0.6 is 0 Å². The normalized spacial score (nSPS) is 24.5. The number of Topliss-reactive ketones (excluding diaryl/α,β-unsaturated/α-hetero) is 1. The fraction of sp³-hybridized carbons (Fsp3) is 0.160. The van der Waals surface area contributed by atoms with Crippen LogP contribution in [0.3, 0.4) is 0 Å². The van der Waals surface area contributed by atoms with Crippen LogP contribution in [0.25, 0.3) is 0 Å². The molecule has 1 aliphatic rings. The first-order valence-corrected chi connectivity index (χ1v) is 9.88. The van der Waals surface area contributed by atoms with E-state index in [0.29, 0.717) is 0 Å². The second kappa shape index (κ2) is 7.57. The van der Waals surface area contributed by atoms with E-state index in [0.717, 1.165) is 22.6 Å². The number of rotatable bonds is 4. The Hall–Kier alpha value is -3.37. The third-order valence-corrected chi connectivity index (χ3v) is 5.81. The summed E-state index contributed by atoms with van der Waals surface area (Å²) in [5.41, 5.74) is 2.02. The van der Waals surface area contributed by atoms with Gasteiger partial charge in [0, 0.05) is 0 Å². The van der Waals surface area contributed by atoms with E-state index in [1.165, 1.54) is 0 Å². The maximum Gasteiger partial charge on any atom is 0.162 e. The van der Waals surface area contributed by atoms with Gasteiger partial charge in [0.25, 0.3) is 0 Å². The van der Waals surface area contributed by atoms with Crippen LogP contribution in [0.15, 0.2) is 106 Å². The van der Waals surface area contributed by atoms with Gasteiger partial charge in [-0.1, -0.05) is 60.7 Å². The van der Waals surface area contributed by atoms with E-state index in [9.17, 15) is 4.79 Å². The first-order chi connectivity index (χ1) is 14.3. The van der Waals surface area contributed by atoms with Crippen LogP contribution in [-0.4, -0.2) is 5.78 Å². The zero-order valence-corrected chi connectivity index (χ0v) is 15.8. The predicted molar refractivity (Wildman–Crippen MR) is 108 cm³/mol. The molecule has 4 heteroatoms. The number of benzene rings is 2. The molecular weight excluding hydrogens is 362 g/mol. The Morgan fingerprint density at radius 2 is 1.03 bits per heavy atom. The van der Waals surface area contributed by atoms with Crippen molar-refractivity contribution in [1.82, 2.24) is 0 Å². The molecule has 2 N–H and O–H groups in total. The molecule has 1 saturated heterocycles. The highest BCUT2D eigenvalue weighted by Gasteiger charge is 2.51. The molecule has 5 rings (SSSR count). The zero-order chi connectivity index (χ0) is 19.6. The molecule has 0 spiro atoms. The number of carbonyl (C=O) groups is 1. The molecule has 0 radical (unpaired) electrons. The molecule has 4 atom stereocenters. The Labute approximate surface area is 169 Å². The molecule has 2 aromatic carbocycles. The fourth-order valence-electron chi connectivity index (χ4n) is 4.54. The molecule has 0 unspecified atom stereocenters. The maximum atomic E-state index is 14.0. The monoisotopic (exact) mass is 384 g/mol. The van der Waals surface area contributed by atoms with E-state index in [2.05, 4.69) is 5.32 Å². The van der Waals surface area contributed by atoms with Gasteiger partial charge in [0.15, 0.2) is 29.4 Å². The molecule has 1 fully saturated rings. The molecule has 4 aromatic rings. The average Bonchev–Trinajstić information content (AvgIpc) is 3.49. The molecule has 2 aromatic heterocycles. The van der Waals surface area contributed by atoms with E-state index < -0.39 is 0 Å². The van der Waals surface area contributed by atoms with Gasteiger partial charge in [-0.05, 0) is 35.4 Å². The molecule has 0 aliphatic carbocycles. The zero-order valence-electron chi connectivity index (χ0n) is 15.8. The highest BCUT2D eigenvalue weighted by Crippen LogP contribution is 2.43. The van der Waals surface area contributed by atoms with E-state index >= 15 is 0 Å². The van der Waals surface area contributed by atoms with Crippen molar-refractivity contribution in [3.8, 4) is 0 Å². The molecule has 0 saturated carbocycles. The van der Waals surface area contributed by atoms with Crippen molar-refractivity contribution in [2.24, 2.45) is 0 Å². The van der Waals surface area contributed by atoms with Gasteiger partial charge in [0.2, 0.25) is 0 Å². The van der Waals surface area contributed by atoms with E-state index in [4.69, 9.17) is 8.83 Å². The molecule has 1 aliphatic heterocycles. The van der Waals surface area contributed by atoms with E-state index in [1.54, 1.807) is 12.5 Å². The van der Waals surface area contributed by atoms with Crippen LogP contribution in [0.2, 0.25) is 0 Å². The van der Waals surface area contributed by atoms with Gasteiger partial charge in [-0.15, -0.1) is 0 Å². The van der Waals surface area contributed by atoms with Crippen LogP contribution in [0.4, 0.5) is 0 Å². The Morgan fingerprint density at radius 1 is 0.586 bits per heavy atom. The number of hydrogen-bond donors (Lipinski definition) is 1. The van der Waals surface area contributed by atoms with Gasteiger partial charge in [0.1, 0.15) is 11.8 Å². The highest BCUT2D eigenvalue weighted by atomic mass is 16.3. The van der Waals surface area contributed by atoms with Crippen LogP contribution in [0.1, 0.15) is 46.6 Å². The van der Waals surface area contributed by atoms with Crippen LogP contribution in [0.5, 0.6) is 0 Å². The first kappa shape index (κ1) is 17.7. The number of quaternary nitrogens is 1. The molecule has 0 amide bonds. The molecule has 144 valence electrons. The topological polar surface area (TPSA) is 60.0 Å². The molecule has 4 nitrogen and oxygen atoms in total. The summed E-state index contributed by atoms with van der Waals surface area (Å²) in [5, 5.41) is 2.23. The lowest BCUT2D eigenvalue weighted by Crippen LogP contribution is -2.91. The SMILES string of the molecule is O=C1[C@@H](c2ccccc2)[C@@H](c2ccco2)[NH2+][C@H](c2ccco2)[C@@H]1c1ccccc1. The number of piperidine rings is 1. The van der Waals surface area contributed by atoms with Crippen LogP contribution < -0.4 is 5.32 Å². The van der Waals surface area contributed by atoms with Gasteiger partial charge >= 0.3 is 0 Å². The molecule has 29 heavy (non-hydrogen) atoms. The Balaban J connectivity index is 1.66. The predicted octanol–water partition coefficient (Wildman–Crippen LogP) is 4.37. The summed E-state index contributed by atoms with van der Waals surface area (Å²) in [6.45, 7) is 0. The van der Waals surface area contributed by atoms with Crippen LogP contribution in [-0.2, 0) is 4.79 Å². The number of furan rings is 2. The van der Waals surface area contributed by atoms with Gasteiger partial charge in [-0.25, -0.2) is 0 Å². The summed E-state index contributed by atoms with van der Waals surface area (Å²) < 4.78 is 11.5. The number of carbonyl (C=O) groups excluding carboxylic acids is 1. The average molecular weight is 384 g/mol. The fourth-order valence-corrected chi connectivity index (χ4v) is 4.54. The van der Waals surface area contributed by atoms with Crippen molar-refractivity contribution in [3.05, 3.63) is 120 Å². The summed E-state index contributed by atoms with van der Waals surface area (Å²) in [4.78, 5) is 14.0. The Kier molecular flexibility index (Phi) is 4.62. The van der Waals surface area contributed by atoms with Crippen LogP contribution in [0, 0.1) is 0 Å². The summed E-state index contributed by atoms with van der Waals surface area (Å²) >= 11 is 0. The minimum Gasteiger partial charge on any atom is -0.463 e. The smallest absolute Gasteiger partial charge is 0.162 e. The van der Waals surface area contributed by atoms with Crippen molar-refractivity contribution in [2.75, 3.05) is 0 Å². The summed E-state index contributed by atoms with van der Waals surface area (Å²) in [5.74, 6) is 1.18. The standard InChI is InChI=1S/C25H21NO3/c27-25-21(17-9-3-1-4-10-17)23(19-13-7-15-28-19)26-24(20-14-8-16-29-20)22(25)18-11-5-2-6-12-18/h1-16,21-24,26H/p+1/t21-,22-,23+,24+/m0/s1. The maximum absolute atomic E-state index is 14.0. The molecular formula is C25H22NO3+. The first-order valence-electron chi connectivity index (χ1n) is 9.88. The lowest BCUT2D eigenvalue weighted by atomic mass is 9.71. The second-order valence-corrected chi connectivity index (χ2v) is 7.45. The minimum absolute atomic E-state index is 0.157. The quantitative estimate of drug-likeness (QED) is 0.568. The van der Waals surface area contributed by atoms with E-state index in [-0.39, 0.29) is 29.7 Å². The summed E-state index contributed by atoms with van der Waals surface area (Å²) in [6.07, 6.45) is 3.34. The van der Waals surface area contributed by atoms with E-state index in [1.807, 2.05) is 84.9 Å². The second-order valence-electron chi connectivity index (χ2n) is 7.45. The Bertz CT molecular complexity index is 970. The minimum atomic E-state index is -0.307.